The van der Waals surface area contributed by atoms with Crippen LogP contribution in [0.25, 0.3) is 0 Å². The molecule has 1 saturated carbocycles. The van der Waals surface area contributed by atoms with Crippen LogP contribution in [0.2, 0.25) is 0 Å². The minimum atomic E-state index is 0.300. The van der Waals surface area contributed by atoms with Crippen LogP contribution in [0.3, 0.4) is 0 Å². The second-order valence-corrected chi connectivity index (χ2v) is 5.17. The predicted molar refractivity (Wildman–Crippen MR) is 65.3 cm³/mol. The van der Waals surface area contributed by atoms with Gasteiger partial charge in [-0.1, -0.05) is 19.3 Å². The van der Waals surface area contributed by atoms with E-state index in [1.54, 1.807) is 0 Å². The third-order valence-electron chi connectivity index (χ3n) is 3.90. The van der Waals surface area contributed by atoms with Crippen molar-refractivity contribution in [3.63, 3.8) is 0 Å². The number of hydrogen-bond acceptors (Lipinski definition) is 2. The second-order valence-electron chi connectivity index (χ2n) is 5.17. The van der Waals surface area contributed by atoms with E-state index in [0.29, 0.717) is 11.8 Å². The zero-order chi connectivity index (χ0) is 11.2. The van der Waals surface area contributed by atoms with E-state index in [0.717, 1.165) is 25.9 Å². The van der Waals surface area contributed by atoms with Crippen molar-refractivity contribution in [3.8, 4) is 0 Å². The number of rotatable bonds is 4. The van der Waals surface area contributed by atoms with Gasteiger partial charge in [0, 0.05) is 19.0 Å². The molecule has 2 fully saturated rings. The molecule has 0 aromatic heterocycles. The Balaban J connectivity index is 1.57. The maximum Gasteiger partial charge on any atom is 0.223 e. The minimum Gasteiger partial charge on any atom is -0.355 e. The first-order chi connectivity index (χ1) is 7.86. The molecule has 1 amide bonds. The molecule has 16 heavy (non-hydrogen) atoms. The van der Waals surface area contributed by atoms with Crippen LogP contribution in [0, 0.1) is 5.92 Å². The quantitative estimate of drug-likeness (QED) is 0.789. The van der Waals surface area contributed by atoms with Gasteiger partial charge in [-0.25, -0.2) is 0 Å². The summed E-state index contributed by atoms with van der Waals surface area (Å²) in [5, 5.41) is 3.09. The number of hydrogen-bond donors (Lipinski definition) is 1. The van der Waals surface area contributed by atoms with Gasteiger partial charge < -0.3 is 10.2 Å². The zero-order valence-electron chi connectivity index (χ0n) is 10.2. The van der Waals surface area contributed by atoms with Gasteiger partial charge in [-0.3, -0.25) is 4.79 Å². The molecule has 3 nitrogen and oxygen atoms in total. The van der Waals surface area contributed by atoms with Crippen molar-refractivity contribution in [2.24, 2.45) is 5.92 Å². The molecule has 3 heteroatoms. The van der Waals surface area contributed by atoms with Crippen LogP contribution in [-0.4, -0.2) is 37.0 Å². The number of amides is 1. The highest BCUT2D eigenvalue weighted by Crippen LogP contribution is 2.24. The highest BCUT2D eigenvalue weighted by molar-refractivity contribution is 5.78. The van der Waals surface area contributed by atoms with Crippen LogP contribution in [0.5, 0.6) is 0 Å². The highest BCUT2D eigenvalue weighted by Gasteiger charge is 2.22. The van der Waals surface area contributed by atoms with Crippen molar-refractivity contribution < 1.29 is 4.79 Å². The molecule has 0 unspecified atom stereocenters. The van der Waals surface area contributed by atoms with Crippen molar-refractivity contribution >= 4 is 5.91 Å². The standard InChI is InChI=1S/C13H24N2O/c16-13(12-6-2-3-7-12)14-8-11-15-9-4-1-5-10-15/h12H,1-11H2,(H,14,16). The van der Waals surface area contributed by atoms with E-state index in [9.17, 15) is 4.79 Å². The number of nitrogens with zero attached hydrogens (tertiary/aromatic N) is 1. The van der Waals surface area contributed by atoms with Gasteiger partial charge in [0.15, 0.2) is 0 Å². The third-order valence-corrected chi connectivity index (χ3v) is 3.90. The molecule has 1 saturated heterocycles. The van der Waals surface area contributed by atoms with Crippen molar-refractivity contribution in [3.05, 3.63) is 0 Å². The summed E-state index contributed by atoms with van der Waals surface area (Å²) in [4.78, 5) is 14.2. The third kappa shape index (κ3) is 3.48. The first kappa shape index (κ1) is 11.9. The predicted octanol–water partition coefficient (Wildman–Crippen LogP) is 1.78. The number of carbonyl (C=O) groups excluding carboxylic acids is 1. The Morgan fingerprint density at radius 1 is 1.06 bits per heavy atom. The molecule has 0 spiro atoms. The van der Waals surface area contributed by atoms with Crippen molar-refractivity contribution in [1.82, 2.24) is 10.2 Å². The van der Waals surface area contributed by atoms with Crippen LogP contribution in [0.15, 0.2) is 0 Å². The van der Waals surface area contributed by atoms with E-state index in [-0.39, 0.29) is 0 Å². The average molecular weight is 224 g/mol. The summed E-state index contributed by atoms with van der Waals surface area (Å²) >= 11 is 0. The first-order valence-corrected chi connectivity index (χ1v) is 6.86. The summed E-state index contributed by atoms with van der Waals surface area (Å²) in [6.45, 7) is 4.33. The van der Waals surface area contributed by atoms with Gasteiger partial charge in [-0.2, -0.15) is 0 Å². The molecular weight excluding hydrogens is 200 g/mol. The molecule has 1 aliphatic carbocycles. The molecular formula is C13H24N2O. The van der Waals surface area contributed by atoms with E-state index >= 15 is 0 Å². The Bertz CT molecular complexity index is 218. The van der Waals surface area contributed by atoms with Gasteiger partial charge in [-0.15, -0.1) is 0 Å². The second kappa shape index (κ2) is 6.24. The fourth-order valence-corrected chi connectivity index (χ4v) is 2.85. The van der Waals surface area contributed by atoms with Gasteiger partial charge in [0.1, 0.15) is 0 Å². The maximum absolute atomic E-state index is 11.8. The van der Waals surface area contributed by atoms with Crippen molar-refractivity contribution in [1.29, 1.82) is 0 Å². The van der Waals surface area contributed by atoms with Gasteiger partial charge in [0.25, 0.3) is 0 Å². The van der Waals surface area contributed by atoms with E-state index in [1.165, 1.54) is 45.2 Å². The molecule has 2 rings (SSSR count). The van der Waals surface area contributed by atoms with E-state index in [4.69, 9.17) is 0 Å². The largest absolute Gasteiger partial charge is 0.355 e. The Morgan fingerprint density at radius 3 is 2.44 bits per heavy atom. The smallest absolute Gasteiger partial charge is 0.223 e. The molecule has 0 radical (unpaired) electrons. The number of piperidine rings is 1. The van der Waals surface area contributed by atoms with Crippen LogP contribution in [-0.2, 0) is 4.79 Å². The minimum absolute atomic E-state index is 0.300. The summed E-state index contributed by atoms with van der Waals surface area (Å²) in [5.41, 5.74) is 0. The Hall–Kier alpha value is -0.570. The summed E-state index contributed by atoms with van der Waals surface area (Å²) < 4.78 is 0. The lowest BCUT2D eigenvalue weighted by Gasteiger charge is -2.26. The molecule has 0 bridgehead atoms. The average Bonchev–Trinajstić information content (AvgIpc) is 2.84. The van der Waals surface area contributed by atoms with E-state index in [2.05, 4.69) is 10.2 Å². The molecule has 0 atom stereocenters. The van der Waals surface area contributed by atoms with Crippen molar-refractivity contribution in [2.75, 3.05) is 26.2 Å². The molecule has 1 aliphatic heterocycles. The van der Waals surface area contributed by atoms with Crippen molar-refractivity contribution in [2.45, 2.75) is 44.9 Å². The Morgan fingerprint density at radius 2 is 1.75 bits per heavy atom. The topological polar surface area (TPSA) is 32.3 Å². The SMILES string of the molecule is O=C(NCCN1CCCCC1)C1CCCC1. The summed E-state index contributed by atoms with van der Waals surface area (Å²) in [6, 6.07) is 0. The number of nitrogens with one attached hydrogen (secondary N) is 1. The summed E-state index contributed by atoms with van der Waals surface area (Å²) in [5.74, 6) is 0.621. The lowest BCUT2D eigenvalue weighted by atomic mass is 10.1. The van der Waals surface area contributed by atoms with Crippen LogP contribution >= 0.6 is 0 Å². The number of carbonyl (C=O) groups is 1. The zero-order valence-corrected chi connectivity index (χ0v) is 10.2. The van der Waals surface area contributed by atoms with E-state index in [1.807, 2.05) is 0 Å². The van der Waals surface area contributed by atoms with Crippen LogP contribution in [0.4, 0.5) is 0 Å². The van der Waals surface area contributed by atoms with E-state index < -0.39 is 0 Å². The van der Waals surface area contributed by atoms with Gasteiger partial charge in [0.05, 0.1) is 0 Å². The lowest BCUT2D eigenvalue weighted by molar-refractivity contribution is -0.124. The van der Waals surface area contributed by atoms with Gasteiger partial charge in [0.2, 0.25) is 5.91 Å². The highest BCUT2D eigenvalue weighted by atomic mass is 16.1. The normalized spacial score (nSPS) is 23.5. The molecule has 92 valence electrons. The van der Waals surface area contributed by atoms with Crippen LogP contribution in [0.1, 0.15) is 44.9 Å². The fourth-order valence-electron chi connectivity index (χ4n) is 2.85. The Kier molecular flexibility index (Phi) is 4.64. The number of likely N-dealkylation sites (tertiary alicyclic amines) is 1. The van der Waals surface area contributed by atoms with Gasteiger partial charge in [-0.05, 0) is 38.8 Å². The Labute approximate surface area is 98.6 Å². The summed E-state index contributed by atoms with van der Waals surface area (Å²) in [7, 11) is 0. The summed E-state index contributed by atoms with van der Waals surface area (Å²) in [6.07, 6.45) is 8.73. The van der Waals surface area contributed by atoms with Gasteiger partial charge >= 0.3 is 0 Å². The van der Waals surface area contributed by atoms with Crippen LogP contribution < -0.4 is 5.32 Å². The molecule has 1 N–H and O–H groups in total. The molecule has 1 heterocycles. The maximum atomic E-state index is 11.8. The molecule has 0 aromatic carbocycles. The molecule has 0 aromatic rings. The fraction of sp³-hybridized carbons (Fsp3) is 0.923. The first-order valence-electron chi connectivity index (χ1n) is 6.86. The lowest BCUT2D eigenvalue weighted by Crippen LogP contribution is -2.39. The molecule has 2 aliphatic rings. The monoisotopic (exact) mass is 224 g/mol.